The van der Waals surface area contributed by atoms with Crippen LogP contribution >= 0.6 is 0 Å². The van der Waals surface area contributed by atoms with Crippen molar-refractivity contribution in [2.45, 2.75) is 45.3 Å². The summed E-state index contributed by atoms with van der Waals surface area (Å²) in [5, 5.41) is 16.5. The molecule has 0 spiro atoms. The van der Waals surface area contributed by atoms with E-state index in [-0.39, 0.29) is 24.5 Å². The van der Waals surface area contributed by atoms with Crippen LogP contribution < -0.4 is 15.4 Å². The van der Waals surface area contributed by atoms with E-state index in [0.29, 0.717) is 36.1 Å². The zero-order valence-corrected chi connectivity index (χ0v) is 19.8. The first-order valence-corrected chi connectivity index (χ1v) is 11.4. The number of nitrogens with one attached hydrogen (secondary N) is 3. The number of amides is 2. The van der Waals surface area contributed by atoms with Gasteiger partial charge in [0.2, 0.25) is 5.91 Å². The summed E-state index contributed by atoms with van der Waals surface area (Å²) < 4.78 is 5.84. The number of carbonyl (C=O) groups is 2. The third-order valence-electron chi connectivity index (χ3n) is 5.27. The zero-order valence-electron chi connectivity index (χ0n) is 19.8. The summed E-state index contributed by atoms with van der Waals surface area (Å²) in [4.78, 5) is 27.8. The lowest BCUT2D eigenvalue weighted by Gasteiger charge is -2.19. The third-order valence-corrected chi connectivity index (χ3v) is 5.27. The van der Waals surface area contributed by atoms with E-state index < -0.39 is 6.04 Å². The van der Waals surface area contributed by atoms with Crippen LogP contribution in [0.1, 0.15) is 48.2 Å². The van der Waals surface area contributed by atoms with Crippen LogP contribution in [0.5, 0.6) is 5.75 Å². The van der Waals surface area contributed by atoms with Crippen LogP contribution in [0.25, 0.3) is 10.9 Å². The molecule has 4 N–H and O–H groups in total. The Morgan fingerprint density at radius 3 is 2.71 bits per heavy atom. The average Bonchev–Trinajstić information content (AvgIpc) is 3.24. The molecule has 0 fully saturated rings. The molecule has 0 saturated carbocycles. The molecule has 0 saturated heterocycles. The molecule has 0 radical (unpaired) electrons. The molecule has 3 aromatic rings. The van der Waals surface area contributed by atoms with Gasteiger partial charge in [-0.05, 0) is 50.1 Å². The molecule has 0 bridgehead atoms. The Bertz CT molecular complexity index is 1200. The van der Waals surface area contributed by atoms with Crippen molar-refractivity contribution in [1.29, 1.82) is 0 Å². The lowest BCUT2D eigenvalue weighted by Crippen LogP contribution is -2.39. The van der Waals surface area contributed by atoms with Crippen LogP contribution in [0.4, 0.5) is 0 Å². The van der Waals surface area contributed by atoms with Gasteiger partial charge in [0.05, 0.1) is 24.3 Å². The maximum absolute atomic E-state index is 13.2. The highest BCUT2D eigenvalue weighted by Gasteiger charge is 2.19. The second kappa shape index (κ2) is 11.9. The van der Waals surface area contributed by atoms with Crippen molar-refractivity contribution in [3.8, 4) is 17.6 Å². The van der Waals surface area contributed by atoms with Gasteiger partial charge in [-0.3, -0.25) is 9.59 Å². The second-order valence-corrected chi connectivity index (χ2v) is 8.27. The van der Waals surface area contributed by atoms with Crippen molar-refractivity contribution in [2.24, 2.45) is 0 Å². The Morgan fingerprint density at radius 2 is 1.97 bits per heavy atom. The van der Waals surface area contributed by atoms with E-state index in [4.69, 9.17) is 4.74 Å². The van der Waals surface area contributed by atoms with E-state index >= 15 is 0 Å². The summed E-state index contributed by atoms with van der Waals surface area (Å²) >= 11 is 0. The fourth-order valence-corrected chi connectivity index (χ4v) is 3.60. The summed E-state index contributed by atoms with van der Waals surface area (Å²) in [7, 11) is 1.59. The maximum Gasteiger partial charge on any atom is 0.255 e. The van der Waals surface area contributed by atoms with Crippen molar-refractivity contribution in [2.75, 3.05) is 13.7 Å². The molecule has 0 aliphatic heterocycles. The Labute approximate surface area is 199 Å². The number of carbonyl (C=O) groups excluding carboxylic acids is 2. The number of aromatic amines is 1. The first-order chi connectivity index (χ1) is 16.4. The van der Waals surface area contributed by atoms with Crippen LogP contribution in [-0.2, 0) is 11.2 Å². The number of H-pyrrole nitrogens is 1. The average molecular weight is 462 g/mol. The molecule has 2 aromatic carbocycles. The van der Waals surface area contributed by atoms with Crippen molar-refractivity contribution in [3.05, 3.63) is 65.4 Å². The molecule has 34 heavy (non-hydrogen) atoms. The number of aromatic nitrogens is 1. The summed E-state index contributed by atoms with van der Waals surface area (Å²) in [6.07, 6.45) is 3.00. The van der Waals surface area contributed by atoms with Gasteiger partial charge in [0, 0.05) is 42.6 Å². The lowest BCUT2D eigenvalue weighted by atomic mass is 10.0. The topological polar surface area (TPSA) is 103 Å². The number of para-hydroxylation sites is 1. The number of ether oxygens (including phenoxy) is 1. The summed E-state index contributed by atoms with van der Waals surface area (Å²) in [6.45, 7) is 3.58. The van der Waals surface area contributed by atoms with Crippen LogP contribution in [0.2, 0.25) is 0 Å². The highest BCUT2D eigenvalue weighted by molar-refractivity contribution is 5.97. The van der Waals surface area contributed by atoms with Gasteiger partial charge in [0.25, 0.3) is 5.91 Å². The van der Waals surface area contributed by atoms with E-state index in [9.17, 15) is 14.7 Å². The van der Waals surface area contributed by atoms with Crippen LogP contribution in [0, 0.1) is 11.8 Å². The number of aliphatic hydroxyl groups is 1. The van der Waals surface area contributed by atoms with Crippen LogP contribution in [-0.4, -0.2) is 47.7 Å². The predicted molar refractivity (Wildman–Crippen MR) is 133 cm³/mol. The number of hydrogen-bond acceptors (Lipinski definition) is 4. The molecule has 1 unspecified atom stereocenters. The number of fused-ring (bicyclic) bond motifs is 1. The fraction of sp³-hybridized carbons (Fsp3) is 0.333. The van der Waals surface area contributed by atoms with E-state index in [0.717, 1.165) is 16.5 Å². The standard InChI is InChI=1S/C27H31N3O4/c1-18(2)34-25-13-12-19(8-4-7-11-26(32)28-3)14-23(25)27(33)30-21(17-31)15-20-16-29-24-10-6-5-9-22(20)24/h5-6,9-10,12-14,16,18,21,29,31H,7,11,15,17H2,1-3H3,(H,28,32)(H,30,33). The highest BCUT2D eigenvalue weighted by atomic mass is 16.5. The minimum atomic E-state index is -0.471. The number of rotatable bonds is 9. The SMILES string of the molecule is CNC(=O)CCC#Cc1ccc(OC(C)C)c(C(=O)NC(CO)Cc2c[nH]c3ccccc23)c1. The minimum Gasteiger partial charge on any atom is -0.490 e. The summed E-state index contributed by atoms with van der Waals surface area (Å²) in [6, 6.07) is 12.6. The van der Waals surface area contributed by atoms with Gasteiger partial charge >= 0.3 is 0 Å². The molecular weight excluding hydrogens is 430 g/mol. The van der Waals surface area contributed by atoms with Crippen molar-refractivity contribution in [3.63, 3.8) is 0 Å². The summed E-state index contributed by atoms with van der Waals surface area (Å²) in [5.41, 5.74) is 3.03. The van der Waals surface area contributed by atoms with E-state index in [1.54, 1.807) is 25.2 Å². The molecular formula is C27H31N3O4. The monoisotopic (exact) mass is 461 g/mol. The van der Waals surface area contributed by atoms with Gasteiger partial charge in [0.15, 0.2) is 0 Å². The van der Waals surface area contributed by atoms with E-state index in [1.807, 2.05) is 44.3 Å². The van der Waals surface area contributed by atoms with Gasteiger partial charge in [-0.1, -0.05) is 30.0 Å². The van der Waals surface area contributed by atoms with E-state index in [2.05, 4.69) is 27.5 Å². The molecule has 1 heterocycles. The molecule has 2 amide bonds. The molecule has 178 valence electrons. The maximum atomic E-state index is 13.2. The summed E-state index contributed by atoms with van der Waals surface area (Å²) in [5.74, 6) is 6.01. The first-order valence-electron chi connectivity index (χ1n) is 11.4. The lowest BCUT2D eigenvalue weighted by molar-refractivity contribution is -0.120. The Balaban J connectivity index is 1.78. The smallest absolute Gasteiger partial charge is 0.255 e. The van der Waals surface area contributed by atoms with Crippen molar-refractivity contribution < 1.29 is 19.4 Å². The second-order valence-electron chi connectivity index (χ2n) is 8.27. The molecule has 0 aliphatic rings. The molecule has 7 nitrogen and oxygen atoms in total. The van der Waals surface area contributed by atoms with Gasteiger partial charge in [-0.2, -0.15) is 0 Å². The molecule has 3 rings (SSSR count). The van der Waals surface area contributed by atoms with Crippen LogP contribution in [0.3, 0.4) is 0 Å². The number of benzene rings is 2. The van der Waals surface area contributed by atoms with Gasteiger partial charge in [0.1, 0.15) is 5.75 Å². The Morgan fingerprint density at radius 1 is 1.18 bits per heavy atom. The quantitative estimate of drug-likeness (QED) is 0.368. The normalized spacial score (nSPS) is 11.6. The Hall–Kier alpha value is -3.76. The van der Waals surface area contributed by atoms with Gasteiger partial charge < -0.3 is 25.5 Å². The van der Waals surface area contributed by atoms with E-state index in [1.165, 1.54) is 0 Å². The Kier molecular flexibility index (Phi) is 8.72. The van der Waals surface area contributed by atoms with Crippen molar-refractivity contribution >= 4 is 22.7 Å². The minimum absolute atomic E-state index is 0.0692. The highest BCUT2D eigenvalue weighted by Crippen LogP contribution is 2.23. The predicted octanol–water partition coefficient (Wildman–Crippen LogP) is 3.17. The number of hydrogen-bond donors (Lipinski definition) is 4. The zero-order chi connectivity index (χ0) is 24.5. The molecule has 1 aromatic heterocycles. The van der Waals surface area contributed by atoms with Gasteiger partial charge in [-0.15, -0.1) is 0 Å². The molecule has 7 heteroatoms. The molecule has 1 atom stereocenters. The third kappa shape index (κ3) is 6.63. The largest absolute Gasteiger partial charge is 0.490 e. The first kappa shape index (κ1) is 24.9. The van der Waals surface area contributed by atoms with Crippen molar-refractivity contribution in [1.82, 2.24) is 15.6 Å². The fourth-order valence-electron chi connectivity index (χ4n) is 3.60. The van der Waals surface area contributed by atoms with Gasteiger partial charge in [-0.25, -0.2) is 0 Å². The number of aliphatic hydroxyl groups excluding tert-OH is 1. The molecule has 0 aliphatic carbocycles. The van der Waals surface area contributed by atoms with Crippen LogP contribution in [0.15, 0.2) is 48.7 Å².